The number of hydrogen-bond donors (Lipinski definition) is 1. The minimum absolute atomic E-state index is 0.213. The summed E-state index contributed by atoms with van der Waals surface area (Å²) in [6.45, 7) is 2.73. The predicted molar refractivity (Wildman–Crippen MR) is 158 cm³/mol. The van der Waals surface area contributed by atoms with Crippen molar-refractivity contribution < 1.29 is 14.4 Å². The number of ether oxygens (including phenoxy) is 1. The molecule has 1 saturated heterocycles. The topological polar surface area (TPSA) is 84.5 Å². The Kier molecular flexibility index (Phi) is 8.45. The molecule has 1 aliphatic rings. The van der Waals surface area contributed by atoms with Gasteiger partial charge in [0.05, 0.1) is 0 Å². The number of pyridine rings is 1. The van der Waals surface area contributed by atoms with Crippen molar-refractivity contribution in [3.05, 3.63) is 121 Å². The van der Waals surface area contributed by atoms with Crippen LogP contribution >= 0.6 is 0 Å². The molecule has 6 rings (SSSR count). The van der Waals surface area contributed by atoms with Crippen LogP contribution in [0.25, 0.3) is 22.8 Å². The lowest BCUT2D eigenvalue weighted by Gasteiger charge is -2.37. The van der Waals surface area contributed by atoms with E-state index in [1.54, 1.807) is 12.4 Å². The fraction of sp³-hybridized carbons (Fsp3) is 0.265. The first-order valence-corrected chi connectivity index (χ1v) is 14.2. The second kappa shape index (κ2) is 12.9. The summed E-state index contributed by atoms with van der Waals surface area (Å²) >= 11 is 0. The van der Waals surface area contributed by atoms with Gasteiger partial charge in [-0.1, -0.05) is 71.9 Å². The van der Waals surface area contributed by atoms with Crippen LogP contribution in [-0.4, -0.2) is 57.5 Å². The smallest absolute Gasteiger partial charge is 0.258 e. The van der Waals surface area contributed by atoms with Crippen molar-refractivity contribution in [2.75, 3.05) is 26.2 Å². The summed E-state index contributed by atoms with van der Waals surface area (Å²) in [5.41, 5.74) is 4.30. The Morgan fingerprint density at radius 1 is 0.854 bits per heavy atom. The molecule has 3 aromatic carbocycles. The van der Waals surface area contributed by atoms with Crippen LogP contribution in [0.3, 0.4) is 0 Å². The zero-order chi connectivity index (χ0) is 27.9. The van der Waals surface area contributed by atoms with Gasteiger partial charge >= 0.3 is 0 Å². The third-order valence-electron chi connectivity index (χ3n) is 7.76. The van der Waals surface area contributed by atoms with Crippen molar-refractivity contribution in [2.24, 2.45) is 5.92 Å². The number of aliphatic hydroxyl groups excluding tert-OH is 1. The first kappa shape index (κ1) is 26.9. The van der Waals surface area contributed by atoms with Crippen LogP contribution in [-0.2, 0) is 0 Å². The highest BCUT2D eigenvalue weighted by Crippen LogP contribution is 2.38. The van der Waals surface area contributed by atoms with E-state index in [1.165, 1.54) is 11.1 Å². The highest BCUT2D eigenvalue weighted by molar-refractivity contribution is 5.60. The van der Waals surface area contributed by atoms with E-state index >= 15 is 0 Å². The Bertz CT molecular complexity index is 1460. The lowest BCUT2D eigenvalue weighted by Crippen LogP contribution is -2.41. The summed E-state index contributed by atoms with van der Waals surface area (Å²) < 4.78 is 11.4. The molecule has 1 unspecified atom stereocenters. The van der Waals surface area contributed by atoms with Crippen LogP contribution in [0.4, 0.5) is 0 Å². The van der Waals surface area contributed by atoms with E-state index in [9.17, 15) is 5.11 Å². The molecule has 5 aromatic rings. The van der Waals surface area contributed by atoms with Crippen LogP contribution in [0.2, 0.25) is 0 Å². The number of likely N-dealkylation sites (tertiary alicyclic amines) is 1. The predicted octanol–water partition coefficient (Wildman–Crippen LogP) is 6.08. The molecule has 1 aliphatic heterocycles. The van der Waals surface area contributed by atoms with Gasteiger partial charge in [0, 0.05) is 36.0 Å². The lowest BCUT2D eigenvalue weighted by molar-refractivity contribution is 0.0538. The minimum atomic E-state index is -0.588. The summed E-state index contributed by atoms with van der Waals surface area (Å²) in [6, 6.07) is 32.9. The molecule has 1 atom stereocenters. The standard InChI is InChI=1S/C34H34N4O3/c39-30(24-40-31-15-7-13-28(21-31)34-36-33(37-41-34)29-14-8-18-35-22-29)23-38-19-16-27(17-20-38)32(25-9-3-1-4-10-25)26-11-5-2-6-12-26/h1-15,18,21-22,27,30,32,39H,16-17,19-20,23-24H2. The fourth-order valence-electron chi connectivity index (χ4n) is 5.74. The second-order valence-electron chi connectivity index (χ2n) is 10.6. The van der Waals surface area contributed by atoms with Crippen LogP contribution in [0.15, 0.2) is 114 Å². The van der Waals surface area contributed by atoms with Gasteiger partial charge in [0.2, 0.25) is 5.82 Å². The molecular formula is C34H34N4O3. The average molecular weight is 547 g/mol. The number of nitrogens with zero attached hydrogens (tertiary/aromatic N) is 4. The lowest BCUT2D eigenvalue weighted by atomic mass is 9.76. The Morgan fingerprint density at radius 3 is 2.24 bits per heavy atom. The van der Waals surface area contributed by atoms with E-state index in [0.29, 0.717) is 35.8 Å². The van der Waals surface area contributed by atoms with Crippen molar-refractivity contribution in [3.8, 4) is 28.6 Å². The van der Waals surface area contributed by atoms with Gasteiger partial charge in [-0.15, -0.1) is 0 Å². The highest BCUT2D eigenvalue weighted by Gasteiger charge is 2.29. The first-order valence-electron chi connectivity index (χ1n) is 14.2. The molecule has 2 aromatic heterocycles. The summed E-state index contributed by atoms with van der Waals surface area (Å²) in [4.78, 5) is 11.0. The molecule has 41 heavy (non-hydrogen) atoms. The van der Waals surface area contributed by atoms with E-state index in [1.807, 2.05) is 36.4 Å². The number of hydrogen-bond acceptors (Lipinski definition) is 7. The molecule has 7 nitrogen and oxygen atoms in total. The molecule has 1 fully saturated rings. The SMILES string of the molecule is OC(COc1cccc(-c2nc(-c3cccnc3)no2)c1)CN1CCC(C(c2ccccc2)c2ccccc2)CC1. The molecule has 7 heteroatoms. The van der Waals surface area contributed by atoms with Gasteiger partial charge in [0.15, 0.2) is 0 Å². The zero-order valence-electron chi connectivity index (χ0n) is 22.9. The van der Waals surface area contributed by atoms with Gasteiger partial charge < -0.3 is 19.3 Å². The van der Waals surface area contributed by atoms with Crippen molar-refractivity contribution >= 4 is 0 Å². The van der Waals surface area contributed by atoms with Crippen LogP contribution in [0.5, 0.6) is 5.75 Å². The normalized spacial score (nSPS) is 15.2. The average Bonchev–Trinajstić information content (AvgIpc) is 3.54. The van der Waals surface area contributed by atoms with Crippen molar-refractivity contribution in [3.63, 3.8) is 0 Å². The summed E-state index contributed by atoms with van der Waals surface area (Å²) in [6.07, 6.45) is 5.00. The van der Waals surface area contributed by atoms with Crippen LogP contribution in [0.1, 0.15) is 29.9 Å². The van der Waals surface area contributed by atoms with Gasteiger partial charge in [-0.3, -0.25) is 4.98 Å². The second-order valence-corrected chi connectivity index (χ2v) is 10.6. The van der Waals surface area contributed by atoms with Gasteiger partial charge in [0.25, 0.3) is 5.89 Å². The van der Waals surface area contributed by atoms with E-state index in [-0.39, 0.29) is 6.61 Å². The number of rotatable bonds is 10. The molecule has 0 aliphatic carbocycles. The van der Waals surface area contributed by atoms with Crippen molar-refractivity contribution in [1.82, 2.24) is 20.0 Å². The number of aliphatic hydroxyl groups is 1. The first-order chi connectivity index (χ1) is 20.2. The quantitative estimate of drug-likeness (QED) is 0.227. The third-order valence-corrected chi connectivity index (χ3v) is 7.76. The molecule has 208 valence electrons. The summed E-state index contributed by atoms with van der Waals surface area (Å²) in [5, 5.41) is 14.9. The van der Waals surface area contributed by atoms with Crippen molar-refractivity contribution in [1.29, 1.82) is 0 Å². The van der Waals surface area contributed by atoms with E-state index in [0.717, 1.165) is 37.1 Å². The number of benzene rings is 3. The zero-order valence-corrected chi connectivity index (χ0v) is 22.9. The Morgan fingerprint density at radius 2 is 1.56 bits per heavy atom. The van der Waals surface area contributed by atoms with Gasteiger partial charge in [-0.2, -0.15) is 4.98 Å². The molecule has 0 saturated carbocycles. The molecular weight excluding hydrogens is 512 g/mol. The number of β-amino-alcohol motifs (C(OH)–C–C–N with tert-alkyl or cyclic N) is 1. The molecule has 1 N–H and O–H groups in total. The van der Waals surface area contributed by atoms with Gasteiger partial charge in [-0.05, 0) is 73.3 Å². The molecule has 0 amide bonds. The maximum absolute atomic E-state index is 10.8. The number of piperidine rings is 1. The Hall–Kier alpha value is -4.33. The molecule has 0 radical (unpaired) electrons. The monoisotopic (exact) mass is 546 g/mol. The van der Waals surface area contributed by atoms with Crippen LogP contribution in [0, 0.1) is 5.92 Å². The van der Waals surface area contributed by atoms with E-state index < -0.39 is 6.10 Å². The van der Waals surface area contributed by atoms with Gasteiger partial charge in [-0.25, -0.2) is 0 Å². The largest absolute Gasteiger partial charge is 0.491 e. The van der Waals surface area contributed by atoms with Crippen molar-refractivity contribution in [2.45, 2.75) is 24.9 Å². The Labute approximate surface area is 240 Å². The molecule has 0 spiro atoms. The maximum Gasteiger partial charge on any atom is 0.258 e. The Balaban J connectivity index is 1.02. The maximum atomic E-state index is 10.8. The third kappa shape index (κ3) is 6.70. The van der Waals surface area contributed by atoms with Gasteiger partial charge in [0.1, 0.15) is 18.5 Å². The van der Waals surface area contributed by atoms with Crippen LogP contribution < -0.4 is 4.74 Å². The van der Waals surface area contributed by atoms with E-state index in [2.05, 4.69) is 80.7 Å². The minimum Gasteiger partial charge on any atom is -0.491 e. The molecule has 3 heterocycles. The fourth-order valence-corrected chi connectivity index (χ4v) is 5.74. The highest BCUT2D eigenvalue weighted by atomic mass is 16.5. The van der Waals surface area contributed by atoms with E-state index in [4.69, 9.17) is 9.26 Å². The number of aromatic nitrogens is 3. The summed E-state index contributed by atoms with van der Waals surface area (Å²) in [5.74, 6) is 2.49. The molecule has 0 bridgehead atoms. The summed E-state index contributed by atoms with van der Waals surface area (Å²) in [7, 11) is 0.